The van der Waals surface area contributed by atoms with Gasteiger partial charge in [0.1, 0.15) is 0 Å². The third-order valence-electron chi connectivity index (χ3n) is 11.9. The topological polar surface area (TPSA) is 57.5 Å². The third kappa shape index (κ3) is 2.43. The van der Waals surface area contributed by atoms with E-state index in [9.17, 15) is 15.0 Å². The minimum absolute atomic E-state index is 0.0155. The highest BCUT2D eigenvalue weighted by molar-refractivity contribution is 5.75. The highest BCUT2D eigenvalue weighted by Crippen LogP contribution is 2.72. The molecule has 164 valence electrons. The van der Waals surface area contributed by atoms with Crippen LogP contribution in [0.1, 0.15) is 98.3 Å². The molecule has 5 aliphatic carbocycles. The van der Waals surface area contributed by atoms with Crippen molar-refractivity contribution < 1.29 is 15.0 Å². The van der Waals surface area contributed by atoms with Gasteiger partial charge in [-0.25, -0.2) is 0 Å². The molecule has 5 unspecified atom stereocenters. The van der Waals surface area contributed by atoms with Crippen LogP contribution in [0.4, 0.5) is 0 Å². The van der Waals surface area contributed by atoms with Gasteiger partial charge in [-0.15, -0.1) is 0 Å². The molecule has 0 saturated heterocycles. The number of aliphatic hydroxyl groups is 1. The first-order chi connectivity index (χ1) is 13.6. The van der Waals surface area contributed by atoms with E-state index in [4.69, 9.17) is 0 Å². The number of carbonyl (C=O) groups is 1. The van der Waals surface area contributed by atoms with E-state index in [1.54, 1.807) is 0 Å². The van der Waals surface area contributed by atoms with Gasteiger partial charge in [0.2, 0.25) is 0 Å². The number of aliphatic carboxylic acids is 1. The summed E-state index contributed by atoms with van der Waals surface area (Å²) < 4.78 is 0. The van der Waals surface area contributed by atoms with Gasteiger partial charge in [0.25, 0.3) is 0 Å². The van der Waals surface area contributed by atoms with Gasteiger partial charge in [0, 0.05) is 0 Å². The highest BCUT2D eigenvalue weighted by Gasteiger charge is 2.67. The average Bonchev–Trinajstić information content (AvgIpc) is 3.11. The second kappa shape index (κ2) is 6.24. The van der Waals surface area contributed by atoms with E-state index in [1.807, 2.05) is 0 Å². The van der Waals surface area contributed by atoms with Crippen molar-refractivity contribution in [3.63, 3.8) is 0 Å². The highest BCUT2D eigenvalue weighted by atomic mass is 16.4. The Morgan fingerprint density at radius 3 is 2.21 bits per heavy atom. The number of fused-ring (bicyclic) bond motifs is 7. The van der Waals surface area contributed by atoms with Crippen molar-refractivity contribution in [3.05, 3.63) is 0 Å². The summed E-state index contributed by atoms with van der Waals surface area (Å²) >= 11 is 0. The van der Waals surface area contributed by atoms with E-state index in [0.29, 0.717) is 34.5 Å². The Bertz CT molecular complexity index is 700. The average molecular weight is 403 g/mol. The van der Waals surface area contributed by atoms with Crippen LogP contribution in [0.2, 0.25) is 0 Å². The molecule has 5 aliphatic rings. The Labute approximate surface area is 177 Å². The van der Waals surface area contributed by atoms with Gasteiger partial charge in [0.05, 0.1) is 11.5 Å². The van der Waals surface area contributed by atoms with Gasteiger partial charge in [-0.1, -0.05) is 34.1 Å². The lowest BCUT2D eigenvalue weighted by molar-refractivity contribution is -0.216. The number of carboxylic acids is 1. The van der Waals surface area contributed by atoms with Gasteiger partial charge >= 0.3 is 5.97 Å². The number of hydrogen-bond donors (Lipinski definition) is 2. The van der Waals surface area contributed by atoms with Crippen LogP contribution in [0.3, 0.4) is 0 Å². The predicted octanol–water partition coefficient (Wildman–Crippen LogP) is 5.90. The molecule has 5 rings (SSSR count). The molecule has 3 nitrogen and oxygen atoms in total. The fraction of sp³-hybridized carbons (Fsp3) is 0.962. The smallest absolute Gasteiger partial charge is 0.309 e. The Balaban J connectivity index is 1.48. The zero-order valence-corrected chi connectivity index (χ0v) is 19.0. The van der Waals surface area contributed by atoms with Gasteiger partial charge in [-0.2, -0.15) is 0 Å². The second-order valence-corrected chi connectivity index (χ2v) is 12.9. The minimum Gasteiger partial charge on any atom is -0.481 e. The van der Waals surface area contributed by atoms with Crippen LogP contribution in [-0.4, -0.2) is 22.3 Å². The van der Waals surface area contributed by atoms with Gasteiger partial charge in [-0.3, -0.25) is 4.79 Å². The number of hydrogen-bond acceptors (Lipinski definition) is 2. The maximum absolute atomic E-state index is 12.3. The molecular weight excluding hydrogens is 360 g/mol. The van der Waals surface area contributed by atoms with Crippen molar-refractivity contribution in [3.8, 4) is 0 Å². The zero-order chi connectivity index (χ0) is 20.8. The summed E-state index contributed by atoms with van der Waals surface area (Å²) in [5.74, 6) is 2.62. The van der Waals surface area contributed by atoms with Crippen molar-refractivity contribution in [1.82, 2.24) is 0 Å². The Kier molecular flexibility index (Phi) is 4.37. The molecule has 0 bridgehead atoms. The van der Waals surface area contributed by atoms with Crippen molar-refractivity contribution in [1.29, 1.82) is 0 Å². The van der Waals surface area contributed by atoms with Crippen LogP contribution in [0, 0.1) is 51.2 Å². The zero-order valence-electron chi connectivity index (χ0n) is 19.0. The lowest BCUT2D eigenvalue weighted by Crippen LogP contribution is -2.63. The third-order valence-corrected chi connectivity index (χ3v) is 11.9. The van der Waals surface area contributed by atoms with Crippen molar-refractivity contribution >= 4 is 5.97 Å². The molecule has 29 heavy (non-hydrogen) atoms. The molecule has 0 aromatic rings. The summed E-state index contributed by atoms with van der Waals surface area (Å²) in [6.07, 6.45) is 12.2. The van der Waals surface area contributed by atoms with Gasteiger partial charge in [0.15, 0.2) is 0 Å². The van der Waals surface area contributed by atoms with Crippen LogP contribution in [-0.2, 0) is 4.79 Å². The van der Waals surface area contributed by atoms with E-state index >= 15 is 0 Å². The molecular formula is C26H42O3. The minimum atomic E-state index is -0.496. The Morgan fingerprint density at radius 1 is 0.759 bits per heavy atom. The standard InChI is InChI=1S/C26H42O3/c1-23(2)19-10-13-24(3)17-9-15-26(22(28)29)12-5-6-18(26)16(17)7-8-20(24)25(19,4)14-11-21(23)27/h16-21,27H,5-15H2,1-4H3,(H,28,29)/t16?,17?,18?,19?,20?,21-,24-,25-,26-/m0/s1. The van der Waals surface area contributed by atoms with Crippen LogP contribution in [0.15, 0.2) is 0 Å². The van der Waals surface area contributed by atoms with Crippen molar-refractivity contribution in [2.24, 2.45) is 51.2 Å². The maximum atomic E-state index is 12.3. The van der Waals surface area contributed by atoms with Gasteiger partial charge < -0.3 is 10.2 Å². The quantitative estimate of drug-likeness (QED) is 0.574. The fourth-order valence-electron chi connectivity index (χ4n) is 10.6. The Morgan fingerprint density at radius 2 is 1.48 bits per heavy atom. The van der Waals surface area contributed by atoms with E-state index in [2.05, 4.69) is 27.7 Å². The van der Waals surface area contributed by atoms with Crippen molar-refractivity contribution in [2.45, 2.75) is 104 Å². The number of aliphatic hydroxyl groups excluding tert-OH is 1. The summed E-state index contributed by atoms with van der Waals surface area (Å²) in [6, 6.07) is 0. The summed E-state index contributed by atoms with van der Waals surface area (Å²) in [5, 5.41) is 20.9. The first kappa shape index (κ1) is 20.3. The van der Waals surface area contributed by atoms with E-state index in [-0.39, 0.29) is 11.5 Å². The normalized spacial score (nSPS) is 55.9. The first-order valence-corrected chi connectivity index (χ1v) is 12.5. The largest absolute Gasteiger partial charge is 0.481 e. The number of rotatable bonds is 1. The predicted molar refractivity (Wildman–Crippen MR) is 114 cm³/mol. The fourth-order valence-corrected chi connectivity index (χ4v) is 10.6. The molecule has 0 radical (unpaired) electrons. The van der Waals surface area contributed by atoms with E-state index < -0.39 is 11.4 Å². The molecule has 0 heterocycles. The molecule has 2 N–H and O–H groups in total. The van der Waals surface area contributed by atoms with Crippen LogP contribution >= 0.6 is 0 Å². The second-order valence-electron chi connectivity index (χ2n) is 12.9. The summed E-state index contributed by atoms with van der Waals surface area (Å²) in [5.41, 5.74) is 0.307. The lowest BCUT2D eigenvalue weighted by Gasteiger charge is -2.69. The van der Waals surface area contributed by atoms with Crippen LogP contribution < -0.4 is 0 Å². The molecule has 9 atom stereocenters. The Hall–Kier alpha value is -0.570. The van der Waals surface area contributed by atoms with E-state index in [1.165, 1.54) is 32.1 Å². The number of carboxylic acid groups (broad SMARTS) is 1. The molecule has 5 saturated carbocycles. The first-order valence-electron chi connectivity index (χ1n) is 12.5. The molecule has 0 aromatic heterocycles. The molecule has 0 aliphatic heterocycles. The molecule has 0 spiro atoms. The SMILES string of the molecule is CC1(C)C2CC[C@@]3(C)C4CC[C@@]5(C(=O)O)CCCC5C4CCC3[C@@]2(C)CC[C@@H]1O. The summed E-state index contributed by atoms with van der Waals surface area (Å²) in [6.45, 7) is 9.78. The van der Waals surface area contributed by atoms with Crippen LogP contribution in [0.5, 0.6) is 0 Å². The molecule has 5 fully saturated rings. The van der Waals surface area contributed by atoms with Gasteiger partial charge in [-0.05, 0) is 110 Å². The van der Waals surface area contributed by atoms with Crippen LogP contribution in [0.25, 0.3) is 0 Å². The summed E-state index contributed by atoms with van der Waals surface area (Å²) in [4.78, 5) is 12.3. The van der Waals surface area contributed by atoms with E-state index in [0.717, 1.165) is 44.4 Å². The monoisotopic (exact) mass is 402 g/mol. The molecule has 0 amide bonds. The van der Waals surface area contributed by atoms with Crippen molar-refractivity contribution in [2.75, 3.05) is 0 Å². The molecule has 3 heteroatoms. The lowest BCUT2D eigenvalue weighted by atomic mass is 9.36. The maximum Gasteiger partial charge on any atom is 0.309 e. The molecule has 0 aromatic carbocycles. The summed E-state index contributed by atoms with van der Waals surface area (Å²) in [7, 11) is 0.